The van der Waals surface area contributed by atoms with Gasteiger partial charge in [0.15, 0.2) is 5.13 Å². The molecule has 0 saturated carbocycles. The molecule has 154 valence electrons. The minimum atomic E-state index is 0.219. The number of aryl methyl sites for hydroxylation is 1. The van der Waals surface area contributed by atoms with E-state index in [1.807, 2.05) is 35.7 Å². The Hall–Kier alpha value is -2.08. The molecule has 3 aromatic rings. The molecule has 2 N–H and O–H groups in total. The van der Waals surface area contributed by atoms with E-state index in [-0.39, 0.29) is 6.61 Å². The number of nitrogens with zero attached hydrogens (tertiary/aromatic N) is 1. The molecule has 1 aromatic heterocycles. The molecular weight excluding hydrogens is 404 g/mol. The second kappa shape index (κ2) is 10.6. The van der Waals surface area contributed by atoms with Crippen LogP contribution in [0, 0.1) is 5.92 Å². The van der Waals surface area contributed by atoms with E-state index in [9.17, 15) is 0 Å². The molecule has 0 aliphatic heterocycles. The van der Waals surface area contributed by atoms with Crippen LogP contribution in [0.4, 0.5) is 10.8 Å². The van der Waals surface area contributed by atoms with Gasteiger partial charge in [-0.15, -0.1) is 11.3 Å². The Morgan fingerprint density at radius 3 is 2.66 bits per heavy atom. The van der Waals surface area contributed by atoms with Crippen molar-refractivity contribution in [2.24, 2.45) is 5.92 Å². The average molecular weight is 431 g/mol. The fourth-order valence-electron chi connectivity index (χ4n) is 2.81. The lowest BCUT2D eigenvalue weighted by Gasteiger charge is -2.10. The first kappa shape index (κ1) is 21.6. The number of hydrogen-bond acceptors (Lipinski definition) is 5. The Balaban J connectivity index is 1.62. The molecule has 29 heavy (non-hydrogen) atoms. The number of hydrogen-bond donors (Lipinski definition) is 2. The Bertz CT molecular complexity index is 909. The van der Waals surface area contributed by atoms with Crippen LogP contribution in [0.15, 0.2) is 47.8 Å². The van der Waals surface area contributed by atoms with Gasteiger partial charge in [-0.1, -0.05) is 37.6 Å². The highest BCUT2D eigenvalue weighted by atomic mass is 35.5. The van der Waals surface area contributed by atoms with Crippen LogP contribution in [0.2, 0.25) is 5.02 Å². The molecule has 3 rings (SSSR count). The zero-order valence-electron chi connectivity index (χ0n) is 16.8. The summed E-state index contributed by atoms with van der Waals surface area (Å²) in [5.41, 5.74) is 4.06. The van der Waals surface area contributed by atoms with Crippen molar-refractivity contribution in [3.8, 4) is 17.0 Å². The second-order valence-electron chi connectivity index (χ2n) is 7.36. The molecule has 0 radical (unpaired) electrons. The van der Waals surface area contributed by atoms with Crippen molar-refractivity contribution >= 4 is 33.8 Å². The Labute approximate surface area is 181 Å². The number of aliphatic hydroxyl groups excluding tert-OH is 1. The van der Waals surface area contributed by atoms with E-state index in [0.717, 1.165) is 41.3 Å². The Kier molecular flexibility index (Phi) is 7.92. The van der Waals surface area contributed by atoms with E-state index in [2.05, 4.69) is 36.3 Å². The highest BCUT2D eigenvalue weighted by Crippen LogP contribution is 2.33. The molecule has 0 aliphatic carbocycles. The summed E-state index contributed by atoms with van der Waals surface area (Å²) < 4.78 is 5.78. The molecule has 1 heterocycles. The van der Waals surface area contributed by atoms with Gasteiger partial charge in [-0.05, 0) is 61.1 Å². The maximum atomic E-state index is 8.93. The maximum Gasteiger partial charge on any atom is 0.187 e. The zero-order chi connectivity index (χ0) is 20.6. The molecule has 0 aliphatic rings. The minimum Gasteiger partial charge on any atom is -0.492 e. The number of benzene rings is 2. The number of halogens is 1. The summed E-state index contributed by atoms with van der Waals surface area (Å²) in [5, 5.41) is 15.7. The first-order valence-electron chi connectivity index (χ1n) is 9.90. The van der Waals surface area contributed by atoms with Crippen molar-refractivity contribution in [2.45, 2.75) is 33.1 Å². The first-order chi connectivity index (χ1) is 14.0. The molecule has 2 aromatic carbocycles. The highest BCUT2D eigenvalue weighted by Gasteiger charge is 2.09. The smallest absolute Gasteiger partial charge is 0.187 e. The third kappa shape index (κ3) is 6.46. The Morgan fingerprint density at radius 1 is 1.17 bits per heavy atom. The first-order valence-corrected chi connectivity index (χ1v) is 11.2. The van der Waals surface area contributed by atoms with Gasteiger partial charge >= 0.3 is 0 Å². The van der Waals surface area contributed by atoms with E-state index >= 15 is 0 Å². The van der Waals surface area contributed by atoms with Crippen LogP contribution in [0.5, 0.6) is 5.75 Å². The summed E-state index contributed by atoms with van der Waals surface area (Å²) in [5.74, 6) is 1.32. The lowest BCUT2D eigenvalue weighted by atomic mass is 10.1. The standard InChI is InChI=1S/C23H27ClN2O2S/c1-16(2)11-13-28-22-10-7-18(14-20(22)24)21-15-29-23(26-21)25-19-8-5-17(6-9-19)4-3-12-27/h5-10,14-16,27H,3-4,11-13H2,1-2H3,(H,25,26). The van der Waals surface area contributed by atoms with Crippen LogP contribution in [-0.4, -0.2) is 23.3 Å². The van der Waals surface area contributed by atoms with Crippen molar-refractivity contribution < 1.29 is 9.84 Å². The second-order valence-corrected chi connectivity index (χ2v) is 8.63. The van der Waals surface area contributed by atoms with Crippen molar-refractivity contribution in [1.82, 2.24) is 4.98 Å². The summed E-state index contributed by atoms with van der Waals surface area (Å²) in [4.78, 5) is 4.68. The zero-order valence-corrected chi connectivity index (χ0v) is 18.4. The number of aliphatic hydroxyl groups is 1. The predicted molar refractivity (Wildman–Crippen MR) is 123 cm³/mol. The SMILES string of the molecule is CC(C)CCOc1ccc(-c2csc(Nc3ccc(CCCO)cc3)n2)cc1Cl. The van der Waals surface area contributed by atoms with Gasteiger partial charge in [-0.3, -0.25) is 0 Å². The number of thiazole rings is 1. The van der Waals surface area contributed by atoms with Crippen LogP contribution in [-0.2, 0) is 6.42 Å². The summed E-state index contributed by atoms with van der Waals surface area (Å²) in [7, 11) is 0. The predicted octanol–water partition coefficient (Wildman–Crippen LogP) is 6.56. The number of aromatic nitrogens is 1. The lowest BCUT2D eigenvalue weighted by Crippen LogP contribution is -2.01. The summed E-state index contributed by atoms with van der Waals surface area (Å²) in [6.07, 6.45) is 2.67. The topological polar surface area (TPSA) is 54.4 Å². The van der Waals surface area contributed by atoms with Gasteiger partial charge in [0, 0.05) is 23.2 Å². The van der Waals surface area contributed by atoms with Crippen molar-refractivity contribution in [3.63, 3.8) is 0 Å². The fraction of sp³-hybridized carbons (Fsp3) is 0.348. The normalized spacial score (nSPS) is 11.1. The van der Waals surface area contributed by atoms with Crippen LogP contribution < -0.4 is 10.1 Å². The summed E-state index contributed by atoms with van der Waals surface area (Å²) >= 11 is 7.96. The molecule has 0 atom stereocenters. The molecule has 0 bridgehead atoms. The lowest BCUT2D eigenvalue weighted by molar-refractivity contribution is 0.288. The Morgan fingerprint density at radius 2 is 1.97 bits per heavy atom. The number of anilines is 2. The van der Waals surface area contributed by atoms with Gasteiger partial charge in [0.05, 0.1) is 17.3 Å². The van der Waals surface area contributed by atoms with Gasteiger partial charge in [0.2, 0.25) is 0 Å². The largest absolute Gasteiger partial charge is 0.492 e. The monoisotopic (exact) mass is 430 g/mol. The molecule has 0 spiro atoms. The van der Waals surface area contributed by atoms with E-state index in [1.165, 1.54) is 5.56 Å². The summed E-state index contributed by atoms with van der Waals surface area (Å²) in [6.45, 7) is 5.23. The van der Waals surface area contributed by atoms with E-state index in [0.29, 0.717) is 23.3 Å². The van der Waals surface area contributed by atoms with Crippen LogP contribution >= 0.6 is 22.9 Å². The maximum absolute atomic E-state index is 8.93. The third-order valence-electron chi connectivity index (χ3n) is 4.51. The quantitative estimate of drug-likeness (QED) is 0.382. The van der Waals surface area contributed by atoms with Gasteiger partial charge in [0.1, 0.15) is 5.75 Å². The third-order valence-corrected chi connectivity index (χ3v) is 5.57. The van der Waals surface area contributed by atoms with Crippen molar-refractivity contribution in [1.29, 1.82) is 0 Å². The van der Waals surface area contributed by atoms with E-state index in [1.54, 1.807) is 11.3 Å². The van der Waals surface area contributed by atoms with Crippen molar-refractivity contribution in [3.05, 3.63) is 58.4 Å². The molecule has 0 fully saturated rings. The molecule has 6 heteroatoms. The highest BCUT2D eigenvalue weighted by molar-refractivity contribution is 7.14. The fourth-order valence-corrected chi connectivity index (χ4v) is 3.78. The molecule has 4 nitrogen and oxygen atoms in total. The van der Waals surface area contributed by atoms with E-state index in [4.69, 9.17) is 21.4 Å². The minimum absolute atomic E-state index is 0.219. The van der Waals surface area contributed by atoms with Crippen LogP contribution in [0.1, 0.15) is 32.3 Å². The number of ether oxygens (including phenoxy) is 1. The molecule has 0 amide bonds. The molecule has 0 saturated heterocycles. The number of rotatable bonds is 10. The average Bonchev–Trinajstić information content (AvgIpc) is 3.17. The van der Waals surface area contributed by atoms with Gasteiger partial charge in [-0.25, -0.2) is 4.98 Å². The van der Waals surface area contributed by atoms with Crippen LogP contribution in [0.25, 0.3) is 11.3 Å². The van der Waals surface area contributed by atoms with Gasteiger partial charge < -0.3 is 15.2 Å². The van der Waals surface area contributed by atoms with Gasteiger partial charge in [0.25, 0.3) is 0 Å². The number of nitrogens with one attached hydrogen (secondary N) is 1. The van der Waals surface area contributed by atoms with Crippen LogP contribution in [0.3, 0.4) is 0 Å². The molecule has 0 unspecified atom stereocenters. The summed E-state index contributed by atoms with van der Waals surface area (Å²) in [6, 6.07) is 14.0. The van der Waals surface area contributed by atoms with Crippen molar-refractivity contribution in [2.75, 3.05) is 18.5 Å². The van der Waals surface area contributed by atoms with Gasteiger partial charge in [-0.2, -0.15) is 0 Å². The van der Waals surface area contributed by atoms with E-state index < -0.39 is 0 Å². The molecular formula is C23H27ClN2O2S.